The molecule has 0 aromatic carbocycles. The van der Waals surface area contributed by atoms with Gasteiger partial charge in [-0.15, -0.1) is 0 Å². The lowest BCUT2D eigenvalue weighted by atomic mass is 10.2. The molecule has 1 aromatic heterocycles. The Morgan fingerprint density at radius 3 is 2.65 bits per heavy atom. The number of anilines is 1. The molecular formula is C14H21N3O3. The maximum absolute atomic E-state index is 11.9. The first-order valence-corrected chi connectivity index (χ1v) is 6.71. The van der Waals surface area contributed by atoms with E-state index in [1.54, 1.807) is 24.1 Å². The van der Waals surface area contributed by atoms with Crippen LogP contribution in [-0.2, 0) is 11.2 Å². The smallest absolute Gasteiger partial charge is 0.321 e. The first-order chi connectivity index (χ1) is 9.52. The Balaban J connectivity index is 2.47. The van der Waals surface area contributed by atoms with Crippen LogP contribution in [0, 0.1) is 0 Å². The van der Waals surface area contributed by atoms with Gasteiger partial charge in [-0.3, -0.25) is 9.78 Å². The Morgan fingerprint density at radius 1 is 1.35 bits per heavy atom. The molecule has 6 nitrogen and oxygen atoms in total. The van der Waals surface area contributed by atoms with Gasteiger partial charge in [-0.25, -0.2) is 4.79 Å². The van der Waals surface area contributed by atoms with E-state index in [1.165, 1.54) is 6.20 Å². The van der Waals surface area contributed by atoms with E-state index in [4.69, 9.17) is 5.11 Å². The van der Waals surface area contributed by atoms with Crippen LogP contribution in [0.15, 0.2) is 18.3 Å². The highest BCUT2D eigenvalue weighted by Gasteiger charge is 2.08. The second-order valence-corrected chi connectivity index (χ2v) is 4.67. The monoisotopic (exact) mass is 279 g/mol. The number of nitrogens with one attached hydrogen (secondary N) is 1. The Kier molecular flexibility index (Phi) is 6.49. The maximum Gasteiger partial charge on any atom is 0.321 e. The molecule has 0 aliphatic rings. The topological polar surface area (TPSA) is 82.5 Å². The van der Waals surface area contributed by atoms with E-state index in [2.05, 4.69) is 17.2 Å². The van der Waals surface area contributed by atoms with E-state index in [1.807, 2.05) is 0 Å². The van der Waals surface area contributed by atoms with E-state index in [-0.39, 0.29) is 12.5 Å². The minimum absolute atomic E-state index is 0.120. The average Bonchev–Trinajstić information content (AvgIpc) is 2.40. The van der Waals surface area contributed by atoms with Gasteiger partial charge in [0.25, 0.3) is 0 Å². The number of nitrogens with zero attached hydrogens (tertiary/aromatic N) is 2. The summed E-state index contributed by atoms with van der Waals surface area (Å²) in [6.45, 7) is 2.83. The summed E-state index contributed by atoms with van der Waals surface area (Å²) in [6, 6.07) is 3.07. The second kappa shape index (κ2) is 8.14. The van der Waals surface area contributed by atoms with Crippen LogP contribution in [0.1, 0.15) is 31.9 Å². The molecule has 1 rings (SSSR count). The third kappa shape index (κ3) is 5.69. The van der Waals surface area contributed by atoms with Crippen LogP contribution in [0.25, 0.3) is 0 Å². The fraction of sp³-hybridized carbons (Fsp3) is 0.500. The first kappa shape index (κ1) is 15.9. The Bertz CT molecular complexity index is 445. The molecule has 110 valence electrons. The zero-order valence-corrected chi connectivity index (χ0v) is 11.9. The Hall–Kier alpha value is -2.11. The molecular weight excluding hydrogens is 258 g/mol. The maximum atomic E-state index is 11.9. The molecule has 2 N–H and O–H groups in total. The molecule has 20 heavy (non-hydrogen) atoms. The van der Waals surface area contributed by atoms with Gasteiger partial charge < -0.3 is 15.3 Å². The fourth-order valence-corrected chi connectivity index (χ4v) is 1.68. The van der Waals surface area contributed by atoms with Crippen LogP contribution in [0.3, 0.4) is 0 Å². The number of hydrogen-bond donors (Lipinski definition) is 2. The van der Waals surface area contributed by atoms with Crippen LogP contribution in [-0.4, -0.2) is 40.6 Å². The minimum Gasteiger partial charge on any atom is -0.481 e. The molecule has 0 aliphatic carbocycles. The fourth-order valence-electron chi connectivity index (χ4n) is 1.68. The lowest BCUT2D eigenvalue weighted by molar-refractivity contribution is -0.136. The summed E-state index contributed by atoms with van der Waals surface area (Å²) in [6.07, 6.45) is 4.55. The number of aliphatic carboxylic acids is 1. The van der Waals surface area contributed by atoms with Crippen molar-refractivity contribution in [2.45, 2.75) is 32.6 Å². The van der Waals surface area contributed by atoms with Gasteiger partial charge in [0.1, 0.15) is 0 Å². The van der Waals surface area contributed by atoms with Crippen molar-refractivity contribution in [2.75, 3.05) is 18.9 Å². The minimum atomic E-state index is -0.926. The molecule has 0 saturated heterocycles. The van der Waals surface area contributed by atoms with E-state index >= 15 is 0 Å². The summed E-state index contributed by atoms with van der Waals surface area (Å²) in [4.78, 5) is 28.0. The van der Waals surface area contributed by atoms with Crippen molar-refractivity contribution in [3.8, 4) is 0 Å². The zero-order valence-electron chi connectivity index (χ0n) is 11.9. The molecule has 6 heteroatoms. The number of carboxylic acids is 1. The summed E-state index contributed by atoms with van der Waals surface area (Å²) in [5.74, 6) is -0.926. The number of hydrogen-bond acceptors (Lipinski definition) is 3. The average molecular weight is 279 g/mol. The van der Waals surface area contributed by atoms with Gasteiger partial charge in [0, 0.05) is 13.6 Å². The van der Waals surface area contributed by atoms with Crippen LogP contribution >= 0.6 is 0 Å². The quantitative estimate of drug-likeness (QED) is 0.751. The largest absolute Gasteiger partial charge is 0.481 e. The van der Waals surface area contributed by atoms with E-state index in [0.717, 1.165) is 19.3 Å². The molecule has 1 heterocycles. The van der Waals surface area contributed by atoms with Gasteiger partial charge in [0.15, 0.2) is 0 Å². The van der Waals surface area contributed by atoms with Gasteiger partial charge in [0.05, 0.1) is 24.0 Å². The molecule has 0 aliphatic heterocycles. The van der Waals surface area contributed by atoms with Crippen LogP contribution < -0.4 is 5.32 Å². The molecule has 0 atom stereocenters. The summed E-state index contributed by atoms with van der Waals surface area (Å²) < 4.78 is 0. The van der Waals surface area contributed by atoms with Crippen molar-refractivity contribution >= 4 is 17.7 Å². The van der Waals surface area contributed by atoms with Crippen molar-refractivity contribution in [2.24, 2.45) is 0 Å². The standard InChI is InChI=1S/C14H21N3O3/c1-3-4-5-8-17(2)14(20)16-12-7-6-11(15-10-12)9-13(18)19/h6-7,10H,3-5,8-9H2,1-2H3,(H,16,20)(H,18,19). The predicted octanol–water partition coefficient (Wildman–Crippen LogP) is 2.36. The highest BCUT2D eigenvalue weighted by molar-refractivity contribution is 5.88. The van der Waals surface area contributed by atoms with Crippen molar-refractivity contribution in [1.82, 2.24) is 9.88 Å². The molecule has 0 fully saturated rings. The number of rotatable bonds is 7. The lowest BCUT2D eigenvalue weighted by Gasteiger charge is -2.17. The predicted molar refractivity (Wildman–Crippen MR) is 76.8 cm³/mol. The van der Waals surface area contributed by atoms with E-state index in [9.17, 15) is 9.59 Å². The molecule has 2 amide bonds. The van der Waals surface area contributed by atoms with Crippen molar-refractivity contribution in [1.29, 1.82) is 0 Å². The van der Waals surface area contributed by atoms with Crippen molar-refractivity contribution in [3.05, 3.63) is 24.0 Å². The summed E-state index contributed by atoms with van der Waals surface area (Å²) in [7, 11) is 1.75. The zero-order chi connectivity index (χ0) is 15.0. The third-order valence-corrected chi connectivity index (χ3v) is 2.85. The highest BCUT2D eigenvalue weighted by Crippen LogP contribution is 2.08. The van der Waals surface area contributed by atoms with Gasteiger partial charge in [-0.05, 0) is 18.6 Å². The molecule has 0 bridgehead atoms. The summed E-state index contributed by atoms with van der Waals surface area (Å²) >= 11 is 0. The van der Waals surface area contributed by atoms with Gasteiger partial charge >= 0.3 is 12.0 Å². The number of urea groups is 1. The molecule has 1 aromatic rings. The van der Waals surface area contributed by atoms with E-state index in [0.29, 0.717) is 17.9 Å². The van der Waals surface area contributed by atoms with Crippen LogP contribution in [0.5, 0.6) is 0 Å². The van der Waals surface area contributed by atoms with Gasteiger partial charge in [-0.2, -0.15) is 0 Å². The third-order valence-electron chi connectivity index (χ3n) is 2.85. The molecule has 0 radical (unpaired) electrons. The molecule has 0 saturated carbocycles. The van der Waals surface area contributed by atoms with Crippen molar-refractivity contribution < 1.29 is 14.7 Å². The number of carbonyl (C=O) groups is 2. The first-order valence-electron chi connectivity index (χ1n) is 6.71. The lowest BCUT2D eigenvalue weighted by Crippen LogP contribution is -2.32. The van der Waals surface area contributed by atoms with Gasteiger partial charge in [-0.1, -0.05) is 19.8 Å². The normalized spacial score (nSPS) is 10.1. The number of unbranched alkanes of at least 4 members (excludes halogenated alkanes) is 2. The molecule has 0 unspecified atom stereocenters. The summed E-state index contributed by atoms with van der Waals surface area (Å²) in [5.41, 5.74) is 1.03. The Labute approximate surface area is 118 Å². The SMILES string of the molecule is CCCCCN(C)C(=O)Nc1ccc(CC(=O)O)nc1. The number of pyridine rings is 1. The molecule has 0 spiro atoms. The number of aromatic nitrogens is 1. The Morgan fingerprint density at radius 2 is 2.10 bits per heavy atom. The number of amides is 2. The van der Waals surface area contributed by atoms with E-state index < -0.39 is 5.97 Å². The van der Waals surface area contributed by atoms with Crippen molar-refractivity contribution in [3.63, 3.8) is 0 Å². The number of carbonyl (C=O) groups excluding carboxylic acids is 1. The van der Waals surface area contributed by atoms with Crippen LogP contribution in [0.4, 0.5) is 10.5 Å². The number of carboxylic acid groups (broad SMARTS) is 1. The highest BCUT2D eigenvalue weighted by atomic mass is 16.4. The summed E-state index contributed by atoms with van der Waals surface area (Å²) in [5, 5.41) is 11.4. The van der Waals surface area contributed by atoms with Gasteiger partial charge in [0.2, 0.25) is 0 Å². The van der Waals surface area contributed by atoms with Crippen LogP contribution in [0.2, 0.25) is 0 Å². The second-order valence-electron chi connectivity index (χ2n) is 4.67.